The Morgan fingerprint density at radius 3 is 1.94 bits per heavy atom. The van der Waals surface area contributed by atoms with Gasteiger partial charge in [-0.1, -0.05) is 57.8 Å². The van der Waals surface area contributed by atoms with Crippen LogP contribution in [0, 0.1) is 17.8 Å². The second kappa shape index (κ2) is 12.2. The number of fused-ring (bicyclic) bond motifs is 1. The molecule has 3 saturated carbocycles. The van der Waals surface area contributed by atoms with E-state index in [1.165, 1.54) is 96.3 Å². The van der Waals surface area contributed by atoms with Crippen LogP contribution in [0.1, 0.15) is 103 Å². The molecule has 2 saturated heterocycles. The molecule has 0 aromatic carbocycles. The molecule has 5 nitrogen and oxygen atoms in total. The smallest absolute Gasteiger partial charge is 0.184 e. The van der Waals surface area contributed by atoms with Crippen LogP contribution >= 0.6 is 0 Å². The monoisotopic (exact) mass is 464 g/mol. The quantitative estimate of drug-likeness (QED) is 0.439. The van der Waals surface area contributed by atoms with Crippen LogP contribution < -0.4 is 0 Å². The van der Waals surface area contributed by atoms with Crippen LogP contribution in [0.5, 0.6) is 0 Å². The van der Waals surface area contributed by atoms with Gasteiger partial charge in [0.05, 0.1) is 18.8 Å². The lowest BCUT2D eigenvalue weighted by atomic mass is 9.81. The fourth-order valence-electron chi connectivity index (χ4n) is 7.48. The van der Waals surface area contributed by atoms with Gasteiger partial charge in [-0.05, 0) is 62.7 Å². The van der Waals surface area contributed by atoms with Gasteiger partial charge in [-0.25, -0.2) is 0 Å². The van der Waals surface area contributed by atoms with Crippen molar-refractivity contribution < 1.29 is 23.7 Å². The van der Waals surface area contributed by atoms with Gasteiger partial charge in [-0.2, -0.15) is 0 Å². The Morgan fingerprint density at radius 2 is 1.30 bits per heavy atom. The molecule has 0 bridgehead atoms. The highest BCUT2D eigenvalue weighted by Gasteiger charge is 2.52. The van der Waals surface area contributed by atoms with Gasteiger partial charge in [0.1, 0.15) is 18.3 Å². The Kier molecular flexibility index (Phi) is 9.03. The van der Waals surface area contributed by atoms with E-state index in [0.29, 0.717) is 24.4 Å². The Hall–Kier alpha value is -0.200. The fourth-order valence-corrected chi connectivity index (χ4v) is 7.48. The zero-order valence-corrected chi connectivity index (χ0v) is 21.0. The van der Waals surface area contributed by atoms with Crippen LogP contribution in [-0.4, -0.2) is 57.1 Å². The first kappa shape index (κ1) is 24.5. The van der Waals surface area contributed by atoms with E-state index in [4.69, 9.17) is 23.7 Å². The molecule has 5 fully saturated rings. The van der Waals surface area contributed by atoms with E-state index in [1.54, 1.807) is 7.11 Å². The summed E-state index contributed by atoms with van der Waals surface area (Å²) in [6.07, 6.45) is 20.9. The number of hydrogen-bond donors (Lipinski definition) is 0. The minimum atomic E-state index is -0.258. The highest BCUT2D eigenvalue weighted by Crippen LogP contribution is 2.43. The maximum atomic E-state index is 7.01. The molecular formula is C28H48O5. The summed E-state index contributed by atoms with van der Waals surface area (Å²) >= 11 is 0. The number of ether oxygens (including phenoxy) is 5. The predicted molar refractivity (Wildman–Crippen MR) is 128 cm³/mol. The highest BCUT2D eigenvalue weighted by molar-refractivity contribution is 4.96. The molecule has 5 aliphatic rings. The Labute approximate surface area is 201 Å². The van der Waals surface area contributed by atoms with Crippen LogP contribution in [0.4, 0.5) is 0 Å². The summed E-state index contributed by atoms with van der Waals surface area (Å²) in [6, 6.07) is 0. The second-order valence-corrected chi connectivity index (χ2v) is 11.6. The molecule has 6 atom stereocenters. The van der Waals surface area contributed by atoms with Gasteiger partial charge in [-0.15, -0.1) is 0 Å². The van der Waals surface area contributed by atoms with Gasteiger partial charge in [0.15, 0.2) is 6.29 Å². The summed E-state index contributed by atoms with van der Waals surface area (Å²) in [4.78, 5) is 0. The van der Waals surface area contributed by atoms with Crippen LogP contribution in [0.25, 0.3) is 0 Å². The summed E-state index contributed by atoms with van der Waals surface area (Å²) in [5.41, 5.74) is 0. The van der Waals surface area contributed by atoms with Crippen molar-refractivity contribution >= 4 is 0 Å². The maximum Gasteiger partial charge on any atom is 0.184 e. The van der Waals surface area contributed by atoms with E-state index in [2.05, 4.69) is 0 Å². The second-order valence-electron chi connectivity index (χ2n) is 11.6. The molecular weight excluding hydrogens is 416 g/mol. The first-order chi connectivity index (χ1) is 16.3. The van der Waals surface area contributed by atoms with Crippen LogP contribution in [0.2, 0.25) is 0 Å². The molecule has 2 heterocycles. The molecule has 190 valence electrons. The molecule has 5 rings (SSSR count). The van der Waals surface area contributed by atoms with Crippen molar-refractivity contribution in [3.8, 4) is 0 Å². The first-order valence-corrected chi connectivity index (χ1v) is 14.4. The molecule has 0 radical (unpaired) electrons. The van der Waals surface area contributed by atoms with Crippen molar-refractivity contribution in [2.75, 3.05) is 20.3 Å². The van der Waals surface area contributed by atoms with E-state index in [9.17, 15) is 0 Å². The molecule has 33 heavy (non-hydrogen) atoms. The third-order valence-corrected chi connectivity index (χ3v) is 9.35. The molecule has 0 amide bonds. The molecule has 3 aliphatic carbocycles. The molecule has 5 heteroatoms. The average molecular weight is 465 g/mol. The minimum absolute atomic E-state index is 0.0243. The fraction of sp³-hybridized carbons (Fsp3) is 1.00. The van der Waals surface area contributed by atoms with E-state index in [1.807, 2.05) is 0 Å². The normalized spacial score (nSPS) is 38.3. The van der Waals surface area contributed by atoms with Crippen molar-refractivity contribution in [1.82, 2.24) is 0 Å². The predicted octanol–water partition coefficient (Wildman–Crippen LogP) is 6.03. The summed E-state index contributed by atoms with van der Waals surface area (Å²) in [5, 5.41) is 0. The first-order valence-electron chi connectivity index (χ1n) is 14.4. The van der Waals surface area contributed by atoms with Crippen LogP contribution in [0.15, 0.2) is 0 Å². The number of hydrogen-bond acceptors (Lipinski definition) is 5. The largest absolute Gasteiger partial charge is 0.385 e. The van der Waals surface area contributed by atoms with Gasteiger partial charge >= 0.3 is 0 Å². The van der Waals surface area contributed by atoms with E-state index in [-0.39, 0.29) is 36.8 Å². The summed E-state index contributed by atoms with van der Waals surface area (Å²) in [5.74, 6) is 1.81. The van der Waals surface area contributed by atoms with Gasteiger partial charge in [-0.3, -0.25) is 0 Å². The Balaban J connectivity index is 1.30. The van der Waals surface area contributed by atoms with Crippen molar-refractivity contribution in [3.63, 3.8) is 0 Å². The highest BCUT2D eigenvalue weighted by atomic mass is 16.7. The Morgan fingerprint density at radius 1 is 0.697 bits per heavy atom. The van der Waals surface area contributed by atoms with E-state index < -0.39 is 0 Å². The van der Waals surface area contributed by atoms with Crippen LogP contribution in [-0.2, 0) is 23.7 Å². The molecule has 6 unspecified atom stereocenters. The standard InChI is InChI=1S/C28H48O5/c1-29-18-17-23(20-11-5-2-6-12-20)31-28-26(22-15-9-4-10-16-22)33-27-24(32-28)19-30-25(27)21-13-7-3-8-14-21/h20-28H,2-19H2,1H3. The third kappa shape index (κ3) is 5.97. The zero-order chi connectivity index (χ0) is 22.5. The van der Waals surface area contributed by atoms with E-state index >= 15 is 0 Å². The molecule has 0 spiro atoms. The lowest BCUT2D eigenvalue weighted by Gasteiger charge is -2.46. The zero-order valence-electron chi connectivity index (χ0n) is 21.0. The van der Waals surface area contributed by atoms with E-state index in [0.717, 1.165) is 13.0 Å². The van der Waals surface area contributed by atoms with Gasteiger partial charge in [0.2, 0.25) is 0 Å². The minimum Gasteiger partial charge on any atom is -0.385 e. The molecule has 0 N–H and O–H groups in total. The summed E-state index contributed by atoms with van der Waals surface area (Å²) < 4.78 is 32.6. The van der Waals surface area contributed by atoms with Crippen LogP contribution in [0.3, 0.4) is 0 Å². The SMILES string of the molecule is COCCC(OC1OC2COC(C3CCCCC3)C2OC1C1CCCCC1)C1CCCCC1. The van der Waals surface area contributed by atoms with Crippen molar-refractivity contribution in [3.05, 3.63) is 0 Å². The molecule has 2 aliphatic heterocycles. The van der Waals surface area contributed by atoms with Crippen molar-refractivity contribution in [2.24, 2.45) is 17.8 Å². The Bertz CT molecular complexity index is 567. The summed E-state index contributed by atoms with van der Waals surface area (Å²) in [6.45, 7) is 1.41. The van der Waals surface area contributed by atoms with Gasteiger partial charge in [0.25, 0.3) is 0 Å². The molecule has 0 aromatic rings. The maximum absolute atomic E-state index is 7.01. The number of methoxy groups -OCH3 is 1. The van der Waals surface area contributed by atoms with Crippen molar-refractivity contribution in [2.45, 2.75) is 140 Å². The average Bonchev–Trinajstić information content (AvgIpc) is 3.30. The lowest BCUT2D eigenvalue weighted by Crippen LogP contribution is -2.56. The van der Waals surface area contributed by atoms with Crippen molar-refractivity contribution in [1.29, 1.82) is 0 Å². The molecule has 0 aromatic heterocycles. The topological polar surface area (TPSA) is 46.2 Å². The third-order valence-electron chi connectivity index (χ3n) is 9.35. The number of rotatable bonds is 8. The van der Waals surface area contributed by atoms with Gasteiger partial charge in [0, 0.05) is 13.7 Å². The van der Waals surface area contributed by atoms with Gasteiger partial charge < -0.3 is 23.7 Å². The summed E-state index contributed by atoms with van der Waals surface area (Å²) in [7, 11) is 1.80. The lowest BCUT2D eigenvalue weighted by molar-refractivity contribution is -0.321.